The molecule has 2 aliphatic carbocycles. The summed E-state index contributed by atoms with van der Waals surface area (Å²) in [4.78, 5) is 101. The van der Waals surface area contributed by atoms with Crippen LogP contribution in [0.15, 0.2) is 0 Å². The topological polar surface area (TPSA) is 257 Å². The van der Waals surface area contributed by atoms with Gasteiger partial charge in [-0.1, -0.05) is 66.2 Å². The molecule has 0 aliphatic heterocycles. The second kappa shape index (κ2) is 19.8. The third-order valence-electron chi connectivity index (χ3n) is 9.45. The molecule has 0 radical (unpaired) electrons. The van der Waals surface area contributed by atoms with E-state index in [0.29, 0.717) is 12.8 Å². The Kier molecular flexibility index (Phi) is 16.6. The van der Waals surface area contributed by atoms with E-state index in [4.69, 9.17) is 10.2 Å². The summed E-state index contributed by atoms with van der Waals surface area (Å²) in [7, 11) is 0. The van der Waals surface area contributed by atoms with Gasteiger partial charge in [-0.2, -0.15) is 0 Å². The fraction of sp³-hybridized carbons (Fsp3) is 0.765. The van der Waals surface area contributed by atoms with Gasteiger partial charge < -0.3 is 41.9 Å². The summed E-state index contributed by atoms with van der Waals surface area (Å²) in [6, 6.07) is -4.73. The van der Waals surface area contributed by atoms with Gasteiger partial charge in [0.25, 0.3) is 0 Å². The molecule has 5 atom stereocenters. The van der Waals surface area contributed by atoms with Crippen LogP contribution in [0.4, 0.5) is 0 Å². The van der Waals surface area contributed by atoms with Gasteiger partial charge in [0.1, 0.15) is 29.7 Å². The molecule has 2 saturated carbocycles. The van der Waals surface area contributed by atoms with Crippen LogP contribution in [-0.2, 0) is 38.4 Å². The van der Waals surface area contributed by atoms with E-state index < -0.39 is 102 Å². The normalized spacial score (nSPS) is 18.3. The molecule has 0 aromatic rings. The Labute approximate surface area is 292 Å². The number of hydrogen-bond donors (Lipinski definition) is 8. The van der Waals surface area contributed by atoms with Crippen LogP contribution in [0.3, 0.4) is 0 Å². The number of aliphatic carboxylic acids is 3. The molecule has 16 nitrogen and oxygen atoms in total. The van der Waals surface area contributed by atoms with Gasteiger partial charge in [-0.15, -0.1) is 0 Å². The highest BCUT2D eigenvalue weighted by molar-refractivity contribution is 5.97. The number of carboxylic acids is 3. The second-order valence-corrected chi connectivity index (χ2v) is 14.2. The molecule has 2 rings (SSSR count). The molecule has 0 unspecified atom stereocenters. The monoisotopic (exact) mass is 709 g/mol. The summed E-state index contributed by atoms with van der Waals surface area (Å²) >= 11 is 0. The van der Waals surface area contributed by atoms with Crippen LogP contribution >= 0.6 is 0 Å². The van der Waals surface area contributed by atoms with Gasteiger partial charge in [0.2, 0.25) is 29.5 Å². The Morgan fingerprint density at radius 2 is 1.26 bits per heavy atom. The maximum atomic E-state index is 13.9. The molecule has 0 bridgehead atoms. The summed E-state index contributed by atoms with van der Waals surface area (Å²) in [5, 5.41) is 40.7. The first-order valence-corrected chi connectivity index (χ1v) is 17.7. The van der Waals surface area contributed by atoms with Crippen molar-refractivity contribution in [2.75, 3.05) is 0 Å². The predicted octanol–water partition coefficient (Wildman–Crippen LogP) is 1.45. The Bertz CT molecular complexity index is 1250. The van der Waals surface area contributed by atoms with E-state index in [-0.39, 0.29) is 37.5 Å². The van der Waals surface area contributed by atoms with Crippen molar-refractivity contribution >= 4 is 47.4 Å². The van der Waals surface area contributed by atoms with E-state index in [0.717, 1.165) is 32.1 Å². The number of carboxylic acid groups (broad SMARTS) is 3. The molecule has 16 heteroatoms. The standard InChI is InChI=1S/C34H55N5O11/c1-5-20(4)28(32(48)37-24(18-21-9-7-6-8-10-21)31(47)39-34(15-16-34)33(49)50)38-30(46)23(17-19(2)3)36-29(45)22(11-13-26(41)42)35-25(40)12-14-27(43)44/h19-24,28H,5-18H2,1-4H3,(H,35,40)(H,36,45)(H,37,48)(H,38,46)(H,39,47)(H,41,42)(H,43,44)(H,49,50)/t20-,22+,23-,24-,28-/m0/s1. The van der Waals surface area contributed by atoms with Crippen LogP contribution in [0.2, 0.25) is 0 Å². The fourth-order valence-electron chi connectivity index (χ4n) is 6.04. The van der Waals surface area contributed by atoms with Crippen molar-refractivity contribution in [3.05, 3.63) is 0 Å². The van der Waals surface area contributed by atoms with Gasteiger partial charge in [-0.05, 0) is 49.9 Å². The fourth-order valence-corrected chi connectivity index (χ4v) is 6.04. The first-order valence-electron chi connectivity index (χ1n) is 17.7. The maximum absolute atomic E-state index is 13.9. The molecular formula is C34H55N5O11. The lowest BCUT2D eigenvalue weighted by Crippen LogP contribution is -2.60. The zero-order valence-corrected chi connectivity index (χ0v) is 29.5. The molecule has 0 aromatic carbocycles. The van der Waals surface area contributed by atoms with Gasteiger partial charge in [-0.3, -0.25) is 33.6 Å². The van der Waals surface area contributed by atoms with Crippen molar-refractivity contribution in [1.29, 1.82) is 0 Å². The average Bonchev–Trinajstić information content (AvgIpc) is 3.84. The van der Waals surface area contributed by atoms with Crippen molar-refractivity contribution in [1.82, 2.24) is 26.6 Å². The highest BCUT2D eigenvalue weighted by Crippen LogP contribution is 2.36. The van der Waals surface area contributed by atoms with Crippen molar-refractivity contribution in [2.24, 2.45) is 17.8 Å². The Morgan fingerprint density at radius 1 is 0.680 bits per heavy atom. The van der Waals surface area contributed by atoms with Crippen LogP contribution in [-0.4, -0.2) is 92.5 Å². The molecule has 50 heavy (non-hydrogen) atoms. The van der Waals surface area contributed by atoms with Crippen molar-refractivity contribution < 1.29 is 53.7 Å². The third-order valence-corrected chi connectivity index (χ3v) is 9.45. The van der Waals surface area contributed by atoms with Gasteiger partial charge in [0.15, 0.2) is 0 Å². The van der Waals surface area contributed by atoms with Crippen LogP contribution in [0, 0.1) is 17.8 Å². The number of amides is 5. The molecular weight excluding hydrogens is 654 g/mol. The van der Waals surface area contributed by atoms with Crippen molar-refractivity contribution in [3.63, 3.8) is 0 Å². The van der Waals surface area contributed by atoms with Crippen LogP contribution in [0.5, 0.6) is 0 Å². The second-order valence-electron chi connectivity index (χ2n) is 14.2. The van der Waals surface area contributed by atoms with Gasteiger partial charge >= 0.3 is 17.9 Å². The highest BCUT2D eigenvalue weighted by Gasteiger charge is 2.52. The predicted molar refractivity (Wildman–Crippen MR) is 179 cm³/mol. The van der Waals surface area contributed by atoms with Crippen molar-refractivity contribution in [2.45, 2.75) is 147 Å². The minimum Gasteiger partial charge on any atom is -0.481 e. The maximum Gasteiger partial charge on any atom is 0.329 e. The smallest absolute Gasteiger partial charge is 0.329 e. The largest absolute Gasteiger partial charge is 0.481 e. The van der Waals surface area contributed by atoms with E-state index in [2.05, 4.69) is 26.6 Å². The molecule has 5 amide bonds. The van der Waals surface area contributed by atoms with E-state index in [1.165, 1.54) is 0 Å². The van der Waals surface area contributed by atoms with Gasteiger partial charge in [0.05, 0.1) is 6.42 Å². The molecule has 2 fully saturated rings. The minimum absolute atomic E-state index is 0.120. The van der Waals surface area contributed by atoms with Crippen LogP contribution in [0.1, 0.15) is 118 Å². The first kappa shape index (κ1) is 41.9. The summed E-state index contributed by atoms with van der Waals surface area (Å²) in [5.41, 5.74) is -1.35. The summed E-state index contributed by atoms with van der Waals surface area (Å²) < 4.78 is 0. The molecule has 0 heterocycles. The van der Waals surface area contributed by atoms with Gasteiger partial charge in [-0.25, -0.2) is 4.79 Å². The lowest BCUT2D eigenvalue weighted by atomic mass is 9.84. The number of carbonyl (C=O) groups excluding carboxylic acids is 5. The summed E-state index contributed by atoms with van der Waals surface area (Å²) in [6.07, 6.45) is 4.53. The van der Waals surface area contributed by atoms with Crippen LogP contribution in [0.25, 0.3) is 0 Å². The van der Waals surface area contributed by atoms with E-state index in [1.54, 1.807) is 20.8 Å². The number of rotatable bonds is 22. The van der Waals surface area contributed by atoms with Crippen molar-refractivity contribution in [3.8, 4) is 0 Å². The molecule has 0 spiro atoms. The quantitative estimate of drug-likeness (QED) is 0.0798. The van der Waals surface area contributed by atoms with Gasteiger partial charge in [0, 0.05) is 12.8 Å². The number of hydrogen-bond acceptors (Lipinski definition) is 8. The molecule has 0 saturated heterocycles. The van der Waals surface area contributed by atoms with E-state index >= 15 is 0 Å². The number of carbonyl (C=O) groups is 8. The third kappa shape index (κ3) is 13.9. The lowest BCUT2D eigenvalue weighted by Gasteiger charge is -2.31. The number of nitrogens with one attached hydrogen (secondary N) is 5. The summed E-state index contributed by atoms with van der Waals surface area (Å²) in [5.74, 6) is -7.56. The van der Waals surface area contributed by atoms with E-state index in [9.17, 15) is 43.5 Å². The zero-order chi connectivity index (χ0) is 37.6. The SMILES string of the molecule is CC[C@H](C)[C@H](NC(=O)[C@H](CC(C)C)NC(=O)[C@@H](CCC(=O)O)NC(=O)CCC(=O)O)C(=O)N[C@@H](CC1CCCCC1)C(=O)NC1(C(=O)O)CC1. The highest BCUT2D eigenvalue weighted by atomic mass is 16.4. The van der Waals surface area contributed by atoms with E-state index in [1.807, 2.05) is 6.92 Å². The Morgan fingerprint density at radius 3 is 1.78 bits per heavy atom. The molecule has 8 N–H and O–H groups in total. The first-order chi connectivity index (χ1) is 23.5. The molecule has 282 valence electrons. The lowest BCUT2D eigenvalue weighted by molar-refractivity contribution is -0.144. The molecule has 2 aliphatic rings. The molecule has 0 aromatic heterocycles. The average molecular weight is 710 g/mol. The zero-order valence-electron chi connectivity index (χ0n) is 29.5. The minimum atomic E-state index is -1.37. The Hall–Kier alpha value is -4.24. The Balaban J connectivity index is 2.26. The van der Waals surface area contributed by atoms with Crippen LogP contribution < -0.4 is 26.6 Å². The summed E-state index contributed by atoms with van der Waals surface area (Å²) in [6.45, 7) is 7.17.